The lowest BCUT2D eigenvalue weighted by molar-refractivity contribution is 0.0524. The van der Waals surface area contributed by atoms with Crippen LogP contribution in [0, 0.1) is 0 Å². The number of carbonyl (C=O) groups excluding carboxylic acids is 1. The zero-order valence-corrected chi connectivity index (χ0v) is 11.9. The van der Waals surface area contributed by atoms with Crippen molar-refractivity contribution in [2.45, 2.75) is 26.7 Å². The van der Waals surface area contributed by atoms with Gasteiger partial charge in [-0.05, 0) is 25.5 Å². The van der Waals surface area contributed by atoms with Crippen LogP contribution in [0.4, 0.5) is 0 Å². The molecule has 1 aromatic heterocycles. The second-order valence-electron chi connectivity index (χ2n) is 4.53. The molecule has 0 fully saturated rings. The van der Waals surface area contributed by atoms with E-state index in [4.69, 9.17) is 4.74 Å². The van der Waals surface area contributed by atoms with Crippen LogP contribution in [0.2, 0.25) is 0 Å². The Morgan fingerprint density at radius 3 is 2.50 bits per heavy atom. The summed E-state index contributed by atoms with van der Waals surface area (Å²) >= 11 is 0. The second-order valence-corrected chi connectivity index (χ2v) is 4.53. The van der Waals surface area contributed by atoms with Gasteiger partial charge in [-0.1, -0.05) is 43.7 Å². The smallest absolute Gasteiger partial charge is 0.339 e. The zero-order chi connectivity index (χ0) is 14.4. The molecule has 0 unspecified atom stereocenters. The Kier molecular flexibility index (Phi) is 4.88. The van der Waals surface area contributed by atoms with Crippen molar-refractivity contribution < 1.29 is 9.53 Å². The third kappa shape index (κ3) is 3.23. The Morgan fingerprint density at radius 1 is 1.10 bits per heavy atom. The number of rotatable bonds is 5. The zero-order valence-electron chi connectivity index (χ0n) is 11.9. The fraction of sp³-hybridized carbons (Fsp3) is 0.294. The molecule has 0 aliphatic rings. The first-order valence-electron chi connectivity index (χ1n) is 6.98. The monoisotopic (exact) mass is 269 g/mol. The molecular weight excluding hydrogens is 250 g/mol. The van der Waals surface area contributed by atoms with Gasteiger partial charge in [0.15, 0.2) is 0 Å². The Balaban J connectivity index is 2.39. The van der Waals surface area contributed by atoms with Crippen LogP contribution in [-0.2, 0) is 11.2 Å². The normalized spacial score (nSPS) is 10.3. The fourth-order valence-electron chi connectivity index (χ4n) is 2.09. The number of benzene rings is 1. The van der Waals surface area contributed by atoms with Gasteiger partial charge in [0.1, 0.15) is 0 Å². The first-order valence-corrected chi connectivity index (χ1v) is 6.98. The topological polar surface area (TPSA) is 39.2 Å². The van der Waals surface area contributed by atoms with E-state index in [1.807, 2.05) is 49.4 Å². The minimum atomic E-state index is -0.289. The van der Waals surface area contributed by atoms with Crippen LogP contribution in [0.1, 0.15) is 36.3 Å². The maximum Gasteiger partial charge on any atom is 0.339 e. The predicted octanol–water partition coefficient (Wildman–Crippen LogP) is 3.88. The van der Waals surface area contributed by atoms with Gasteiger partial charge in [-0.25, -0.2) is 4.79 Å². The lowest BCUT2D eigenvalue weighted by Crippen LogP contribution is -2.10. The van der Waals surface area contributed by atoms with E-state index < -0.39 is 0 Å². The average Bonchev–Trinajstić information content (AvgIpc) is 2.48. The lowest BCUT2D eigenvalue weighted by atomic mass is 10.1. The van der Waals surface area contributed by atoms with E-state index >= 15 is 0 Å². The van der Waals surface area contributed by atoms with Crippen LogP contribution in [-0.4, -0.2) is 17.6 Å². The summed E-state index contributed by atoms with van der Waals surface area (Å²) < 4.78 is 5.08. The highest BCUT2D eigenvalue weighted by Crippen LogP contribution is 2.20. The van der Waals surface area contributed by atoms with Gasteiger partial charge in [-0.3, -0.25) is 4.98 Å². The molecule has 0 aliphatic heterocycles. The number of aromatic nitrogens is 1. The first-order chi connectivity index (χ1) is 9.76. The van der Waals surface area contributed by atoms with Gasteiger partial charge in [-0.2, -0.15) is 0 Å². The van der Waals surface area contributed by atoms with Crippen LogP contribution < -0.4 is 0 Å². The molecule has 20 heavy (non-hydrogen) atoms. The minimum absolute atomic E-state index is 0.289. The molecule has 0 saturated carbocycles. The van der Waals surface area contributed by atoms with Gasteiger partial charge < -0.3 is 4.74 Å². The molecule has 2 aromatic rings. The number of pyridine rings is 1. The van der Waals surface area contributed by atoms with Crippen LogP contribution in [0.25, 0.3) is 11.3 Å². The highest BCUT2D eigenvalue weighted by Gasteiger charge is 2.14. The van der Waals surface area contributed by atoms with E-state index in [0.29, 0.717) is 12.2 Å². The SMILES string of the molecule is CCCc1nc(-c2ccccc2)ccc1C(=O)OCC. The number of hydrogen-bond acceptors (Lipinski definition) is 3. The number of esters is 1. The van der Waals surface area contributed by atoms with Crippen molar-refractivity contribution >= 4 is 5.97 Å². The highest BCUT2D eigenvalue weighted by atomic mass is 16.5. The number of hydrogen-bond donors (Lipinski definition) is 0. The van der Waals surface area contributed by atoms with Crippen molar-refractivity contribution in [3.05, 3.63) is 53.7 Å². The third-order valence-corrected chi connectivity index (χ3v) is 3.03. The van der Waals surface area contributed by atoms with Gasteiger partial charge in [-0.15, -0.1) is 0 Å². The van der Waals surface area contributed by atoms with Gasteiger partial charge >= 0.3 is 5.97 Å². The number of aryl methyl sites for hydroxylation is 1. The molecule has 0 spiro atoms. The summed E-state index contributed by atoms with van der Waals surface area (Å²) in [7, 11) is 0. The number of nitrogens with zero attached hydrogens (tertiary/aromatic N) is 1. The maximum absolute atomic E-state index is 11.9. The van der Waals surface area contributed by atoms with E-state index in [-0.39, 0.29) is 5.97 Å². The standard InChI is InChI=1S/C17H19NO2/c1-3-8-16-14(17(19)20-4-2)11-12-15(18-16)13-9-6-5-7-10-13/h5-7,9-12H,3-4,8H2,1-2H3. The van der Waals surface area contributed by atoms with Crippen molar-refractivity contribution in [3.63, 3.8) is 0 Å². The molecule has 3 heteroatoms. The Bertz CT molecular complexity index is 579. The van der Waals surface area contributed by atoms with Crippen LogP contribution in [0.3, 0.4) is 0 Å². The number of carbonyl (C=O) groups is 1. The van der Waals surface area contributed by atoms with Crippen LogP contribution in [0.15, 0.2) is 42.5 Å². The molecule has 104 valence electrons. The molecule has 0 atom stereocenters. The summed E-state index contributed by atoms with van der Waals surface area (Å²) in [5.74, 6) is -0.289. The Hall–Kier alpha value is -2.16. The maximum atomic E-state index is 11.9. The van der Waals surface area contributed by atoms with E-state index in [9.17, 15) is 4.79 Å². The van der Waals surface area contributed by atoms with Gasteiger partial charge in [0, 0.05) is 5.56 Å². The largest absolute Gasteiger partial charge is 0.462 e. The van der Waals surface area contributed by atoms with Crippen molar-refractivity contribution in [2.24, 2.45) is 0 Å². The third-order valence-electron chi connectivity index (χ3n) is 3.03. The van der Waals surface area contributed by atoms with Crippen molar-refractivity contribution in [3.8, 4) is 11.3 Å². The summed E-state index contributed by atoms with van der Waals surface area (Å²) in [4.78, 5) is 16.6. The minimum Gasteiger partial charge on any atom is -0.462 e. The highest BCUT2D eigenvalue weighted by molar-refractivity contribution is 5.91. The molecule has 2 rings (SSSR count). The molecule has 0 bridgehead atoms. The van der Waals surface area contributed by atoms with Gasteiger partial charge in [0.05, 0.1) is 23.6 Å². The second kappa shape index (κ2) is 6.85. The summed E-state index contributed by atoms with van der Waals surface area (Å²) in [6, 6.07) is 13.7. The van der Waals surface area contributed by atoms with Crippen molar-refractivity contribution in [1.82, 2.24) is 4.98 Å². The molecule has 3 nitrogen and oxygen atoms in total. The van der Waals surface area contributed by atoms with Gasteiger partial charge in [0.2, 0.25) is 0 Å². The first kappa shape index (κ1) is 14.3. The Morgan fingerprint density at radius 2 is 1.85 bits per heavy atom. The molecule has 0 aliphatic carbocycles. The predicted molar refractivity (Wildman–Crippen MR) is 79.6 cm³/mol. The summed E-state index contributed by atoms with van der Waals surface area (Å²) in [5.41, 5.74) is 3.34. The van der Waals surface area contributed by atoms with Crippen LogP contribution >= 0.6 is 0 Å². The molecule has 0 radical (unpaired) electrons. The quantitative estimate of drug-likeness (QED) is 0.773. The molecule has 0 N–H and O–H groups in total. The molecule has 0 saturated heterocycles. The number of ether oxygens (including phenoxy) is 1. The van der Waals surface area contributed by atoms with Crippen molar-refractivity contribution in [1.29, 1.82) is 0 Å². The average molecular weight is 269 g/mol. The lowest BCUT2D eigenvalue weighted by Gasteiger charge is -2.09. The fourth-order valence-corrected chi connectivity index (χ4v) is 2.09. The van der Waals surface area contributed by atoms with E-state index in [1.54, 1.807) is 0 Å². The Labute approximate surface area is 119 Å². The summed E-state index contributed by atoms with van der Waals surface area (Å²) in [6.07, 6.45) is 1.71. The van der Waals surface area contributed by atoms with E-state index in [2.05, 4.69) is 11.9 Å². The summed E-state index contributed by atoms with van der Waals surface area (Å²) in [5, 5.41) is 0. The van der Waals surface area contributed by atoms with E-state index in [1.165, 1.54) is 0 Å². The molecule has 1 aromatic carbocycles. The van der Waals surface area contributed by atoms with Crippen molar-refractivity contribution in [2.75, 3.05) is 6.61 Å². The van der Waals surface area contributed by atoms with E-state index in [0.717, 1.165) is 29.8 Å². The summed E-state index contributed by atoms with van der Waals surface area (Å²) in [6.45, 7) is 4.26. The molecule has 1 heterocycles. The van der Waals surface area contributed by atoms with Gasteiger partial charge in [0.25, 0.3) is 0 Å². The molecule has 0 amide bonds. The molecular formula is C17H19NO2. The van der Waals surface area contributed by atoms with Crippen LogP contribution in [0.5, 0.6) is 0 Å².